The highest BCUT2D eigenvalue weighted by Gasteiger charge is 2.33. The summed E-state index contributed by atoms with van der Waals surface area (Å²) in [7, 11) is -1.32. The molecule has 172 valence electrons. The lowest BCUT2D eigenvalue weighted by Gasteiger charge is -2.22. The topological polar surface area (TPSA) is 107 Å². The average molecular weight is 462 g/mol. The van der Waals surface area contributed by atoms with Crippen LogP contribution in [0.25, 0.3) is 0 Å². The predicted molar refractivity (Wildman–Crippen MR) is 107 cm³/mol. The van der Waals surface area contributed by atoms with Crippen molar-refractivity contribution in [2.45, 2.75) is 57.0 Å². The first-order chi connectivity index (χ1) is 14.1. The molecule has 0 bridgehead atoms. The Bertz CT molecular complexity index is 937. The molecule has 0 aliphatic rings. The lowest BCUT2D eigenvalue weighted by atomic mass is 10.0. The summed E-state index contributed by atoms with van der Waals surface area (Å²) in [5, 5.41) is 17.4. The maximum Gasteiger partial charge on any atom is 0.422 e. The van der Waals surface area contributed by atoms with Crippen LogP contribution in [-0.2, 0) is 21.1 Å². The molecular weight excluding hydrogens is 437 g/mol. The molecule has 31 heavy (non-hydrogen) atoms. The maximum atomic E-state index is 12.8. The first kappa shape index (κ1) is 24.8. The number of pyridine rings is 1. The van der Waals surface area contributed by atoms with Crippen LogP contribution in [-0.4, -0.2) is 58.5 Å². The average Bonchev–Trinajstić information content (AvgIpc) is 3.14. The number of rotatable bonds is 8. The predicted octanol–water partition coefficient (Wildman–Crippen LogP) is 3.11. The largest absolute Gasteiger partial charge is 0.483 e. The number of ether oxygens (including phenoxy) is 1. The van der Waals surface area contributed by atoms with E-state index in [1.807, 2.05) is 20.8 Å². The Hall–Kier alpha value is -2.50. The highest BCUT2D eigenvalue weighted by Crippen LogP contribution is 2.28. The minimum absolute atomic E-state index is 0.0626. The number of aliphatic carboxylic acids is 1. The van der Waals surface area contributed by atoms with E-state index in [-0.39, 0.29) is 11.5 Å². The van der Waals surface area contributed by atoms with Gasteiger partial charge >= 0.3 is 12.1 Å². The van der Waals surface area contributed by atoms with E-state index < -0.39 is 45.8 Å². The van der Waals surface area contributed by atoms with Crippen molar-refractivity contribution in [2.75, 3.05) is 12.4 Å². The van der Waals surface area contributed by atoms with E-state index >= 15 is 0 Å². The molecule has 0 aliphatic heterocycles. The van der Waals surface area contributed by atoms with Crippen molar-refractivity contribution in [2.24, 2.45) is 0 Å². The molecule has 2 heterocycles. The van der Waals surface area contributed by atoms with Gasteiger partial charge in [-0.1, -0.05) is 5.21 Å². The Morgan fingerprint density at radius 2 is 1.84 bits per heavy atom. The van der Waals surface area contributed by atoms with Gasteiger partial charge in [-0.3, -0.25) is 9.19 Å². The molecule has 0 unspecified atom stereocenters. The molecule has 0 saturated carbocycles. The van der Waals surface area contributed by atoms with E-state index in [1.165, 1.54) is 36.9 Å². The summed E-state index contributed by atoms with van der Waals surface area (Å²) in [5.41, 5.74) is -0.609. The zero-order chi connectivity index (χ0) is 23.6. The highest BCUT2D eigenvalue weighted by molar-refractivity contribution is 7.86. The molecule has 2 rings (SSSR count). The van der Waals surface area contributed by atoms with Crippen molar-refractivity contribution in [3.05, 3.63) is 35.9 Å². The first-order valence-electron chi connectivity index (χ1n) is 9.31. The molecule has 12 heteroatoms. The van der Waals surface area contributed by atoms with E-state index in [0.29, 0.717) is 11.4 Å². The SMILES string of the molecule is CC(C)(C(=O)O)n1cc([C@@H](C[S@@](=O)C(C)(C)C)c2ccc(OCC(F)(F)F)cn2)nn1. The molecule has 1 N–H and O–H groups in total. The summed E-state index contributed by atoms with van der Waals surface area (Å²) in [5.74, 6) is -1.67. The number of aromatic nitrogens is 4. The molecule has 0 saturated heterocycles. The number of carbonyl (C=O) groups is 1. The lowest BCUT2D eigenvalue weighted by Crippen LogP contribution is -2.36. The van der Waals surface area contributed by atoms with Crippen LogP contribution >= 0.6 is 0 Å². The van der Waals surface area contributed by atoms with Crippen LogP contribution in [0.1, 0.15) is 51.9 Å². The molecule has 0 fully saturated rings. The summed E-state index contributed by atoms with van der Waals surface area (Å²) < 4.78 is 55.2. The Labute approximate surface area is 180 Å². The Morgan fingerprint density at radius 3 is 2.32 bits per heavy atom. The molecule has 2 aromatic rings. The lowest BCUT2D eigenvalue weighted by molar-refractivity contribution is -0.153. The molecule has 2 aromatic heterocycles. The van der Waals surface area contributed by atoms with Crippen LogP contribution in [0.3, 0.4) is 0 Å². The second-order valence-corrected chi connectivity index (χ2v) is 10.7. The van der Waals surface area contributed by atoms with Crippen molar-refractivity contribution in [3.63, 3.8) is 0 Å². The third-order valence-corrected chi connectivity index (χ3v) is 6.49. The van der Waals surface area contributed by atoms with Crippen LogP contribution in [0, 0.1) is 0 Å². The van der Waals surface area contributed by atoms with Crippen LogP contribution in [0.15, 0.2) is 24.5 Å². The third-order valence-electron chi connectivity index (χ3n) is 4.48. The van der Waals surface area contributed by atoms with Crippen LogP contribution in [0.2, 0.25) is 0 Å². The molecule has 0 aliphatic carbocycles. The van der Waals surface area contributed by atoms with Gasteiger partial charge in [0, 0.05) is 21.3 Å². The molecule has 0 amide bonds. The van der Waals surface area contributed by atoms with Gasteiger partial charge in [0.25, 0.3) is 0 Å². The van der Waals surface area contributed by atoms with Gasteiger partial charge in [0.1, 0.15) is 5.75 Å². The van der Waals surface area contributed by atoms with E-state index in [2.05, 4.69) is 20.0 Å². The minimum atomic E-state index is -4.47. The quantitative estimate of drug-likeness (QED) is 0.642. The molecule has 2 atom stereocenters. The number of carboxylic acids is 1. The third kappa shape index (κ3) is 6.49. The molecule has 0 radical (unpaired) electrons. The summed E-state index contributed by atoms with van der Waals surface area (Å²) in [6, 6.07) is 2.81. The van der Waals surface area contributed by atoms with E-state index in [9.17, 15) is 27.3 Å². The van der Waals surface area contributed by atoms with E-state index in [0.717, 1.165) is 6.20 Å². The van der Waals surface area contributed by atoms with Gasteiger partial charge < -0.3 is 9.84 Å². The minimum Gasteiger partial charge on any atom is -0.483 e. The monoisotopic (exact) mass is 462 g/mol. The van der Waals surface area contributed by atoms with Gasteiger partial charge in [-0.2, -0.15) is 13.2 Å². The fraction of sp³-hybridized carbons (Fsp3) is 0.579. The van der Waals surface area contributed by atoms with Crippen molar-refractivity contribution >= 4 is 16.8 Å². The number of hydrogen-bond donors (Lipinski definition) is 1. The van der Waals surface area contributed by atoms with Crippen molar-refractivity contribution in [3.8, 4) is 5.75 Å². The zero-order valence-corrected chi connectivity index (χ0v) is 18.6. The fourth-order valence-corrected chi connectivity index (χ4v) is 3.52. The second kappa shape index (κ2) is 8.93. The Kier molecular flexibility index (Phi) is 7.14. The van der Waals surface area contributed by atoms with Gasteiger partial charge in [-0.05, 0) is 46.8 Å². The number of carboxylic acid groups (broad SMARTS) is 1. The summed E-state index contributed by atoms with van der Waals surface area (Å²) >= 11 is 0. The van der Waals surface area contributed by atoms with E-state index in [4.69, 9.17) is 0 Å². The number of hydrogen-bond acceptors (Lipinski definition) is 6. The summed E-state index contributed by atoms with van der Waals surface area (Å²) in [4.78, 5) is 15.7. The zero-order valence-electron chi connectivity index (χ0n) is 17.8. The molecule has 0 aromatic carbocycles. The normalized spacial score (nSPS) is 14.8. The Morgan fingerprint density at radius 1 is 1.19 bits per heavy atom. The fourth-order valence-electron chi connectivity index (χ4n) is 2.38. The second-order valence-electron chi connectivity index (χ2n) is 8.45. The number of nitrogens with zero attached hydrogens (tertiary/aromatic N) is 4. The summed E-state index contributed by atoms with van der Waals surface area (Å²) in [6.07, 6.45) is -1.87. The van der Waals surface area contributed by atoms with E-state index in [1.54, 1.807) is 0 Å². The van der Waals surface area contributed by atoms with Gasteiger partial charge in [-0.15, -0.1) is 5.10 Å². The molecular formula is C19H25F3N4O4S. The maximum absolute atomic E-state index is 12.8. The number of halogens is 3. The van der Waals surface area contributed by atoms with Crippen molar-refractivity contribution < 1.29 is 32.0 Å². The van der Waals surface area contributed by atoms with Gasteiger partial charge in [0.15, 0.2) is 12.1 Å². The van der Waals surface area contributed by atoms with Gasteiger partial charge in [0.2, 0.25) is 0 Å². The van der Waals surface area contributed by atoms with Crippen LogP contribution in [0.5, 0.6) is 5.75 Å². The standard InChI is InChI=1S/C19H25F3N4O4S/c1-17(2,3)31(29)10-13(15-9-26(25-24-15)18(4,5)16(27)28)14-7-6-12(8-23-14)30-11-19(20,21)22/h6-9,13H,10-11H2,1-5H3,(H,27,28)/t13-,31+/m0/s1. The smallest absolute Gasteiger partial charge is 0.422 e. The molecule has 8 nitrogen and oxygen atoms in total. The number of alkyl halides is 3. The first-order valence-corrected chi connectivity index (χ1v) is 10.6. The van der Waals surface area contributed by atoms with Gasteiger partial charge in [0.05, 0.1) is 29.7 Å². The van der Waals surface area contributed by atoms with Crippen molar-refractivity contribution in [1.29, 1.82) is 0 Å². The Balaban J connectivity index is 2.37. The highest BCUT2D eigenvalue weighted by atomic mass is 32.2. The van der Waals surface area contributed by atoms with Crippen molar-refractivity contribution in [1.82, 2.24) is 20.0 Å². The van der Waals surface area contributed by atoms with Gasteiger partial charge in [-0.25, -0.2) is 9.48 Å². The summed E-state index contributed by atoms with van der Waals surface area (Å²) in [6.45, 7) is 6.91. The molecule has 0 spiro atoms. The van der Waals surface area contributed by atoms with Crippen LogP contribution in [0.4, 0.5) is 13.2 Å². The van der Waals surface area contributed by atoms with Crippen LogP contribution < -0.4 is 4.74 Å².